The van der Waals surface area contributed by atoms with Crippen LogP contribution in [0.1, 0.15) is 53.8 Å². The fourth-order valence-electron chi connectivity index (χ4n) is 2.86. The molecule has 0 radical (unpaired) electrons. The van der Waals surface area contributed by atoms with Gasteiger partial charge in [0, 0.05) is 6.54 Å². The number of carbonyl (C=O) groups excluding carboxylic acids is 2. The van der Waals surface area contributed by atoms with Crippen molar-refractivity contribution in [1.29, 1.82) is 0 Å². The fourth-order valence-corrected chi connectivity index (χ4v) is 2.86. The van der Waals surface area contributed by atoms with Gasteiger partial charge in [-0.3, -0.25) is 14.5 Å². The summed E-state index contributed by atoms with van der Waals surface area (Å²) in [6, 6.07) is 7.07. The summed E-state index contributed by atoms with van der Waals surface area (Å²) in [5, 5.41) is 0. The molecular formula is C17H24N2O2. The largest absolute Gasteiger partial charge is 0.303 e. The second-order valence-corrected chi connectivity index (χ2v) is 5.50. The van der Waals surface area contributed by atoms with E-state index in [1.54, 1.807) is 24.3 Å². The highest BCUT2D eigenvalue weighted by Crippen LogP contribution is 2.22. The van der Waals surface area contributed by atoms with E-state index in [0.29, 0.717) is 17.7 Å². The number of hydrogen-bond acceptors (Lipinski definition) is 3. The first-order valence-electron chi connectivity index (χ1n) is 7.86. The monoisotopic (exact) mass is 288 g/mol. The van der Waals surface area contributed by atoms with Crippen molar-refractivity contribution in [2.24, 2.45) is 0 Å². The number of hydrogen-bond donors (Lipinski definition) is 0. The number of rotatable bonds is 8. The summed E-state index contributed by atoms with van der Waals surface area (Å²) in [6.45, 7) is 7.96. The maximum atomic E-state index is 12.2. The van der Waals surface area contributed by atoms with Crippen molar-refractivity contribution in [2.75, 3.05) is 26.2 Å². The molecule has 1 aromatic carbocycles. The van der Waals surface area contributed by atoms with Gasteiger partial charge in [0.15, 0.2) is 0 Å². The number of carbonyl (C=O) groups is 2. The van der Waals surface area contributed by atoms with Gasteiger partial charge in [-0.1, -0.05) is 26.0 Å². The zero-order valence-corrected chi connectivity index (χ0v) is 13.0. The van der Waals surface area contributed by atoms with E-state index in [4.69, 9.17) is 0 Å². The lowest BCUT2D eigenvalue weighted by molar-refractivity contribution is 0.0647. The normalized spacial score (nSPS) is 14.1. The lowest BCUT2D eigenvalue weighted by atomic mass is 10.1. The molecule has 0 bridgehead atoms. The zero-order valence-electron chi connectivity index (χ0n) is 13.0. The second kappa shape index (κ2) is 7.36. The van der Waals surface area contributed by atoms with Crippen LogP contribution in [0.25, 0.3) is 0 Å². The summed E-state index contributed by atoms with van der Waals surface area (Å²) < 4.78 is 0. The van der Waals surface area contributed by atoms with Crippen molar-refractivity contribution in [3.8, 4) is 0 Å². The van der Waals surface area contributed by atoms with E-state index in [0.717, 1.165) is 38.9 Å². The number of fused-ring (bicyclic) bond motifs is 1. The summed E-state index contributed by atoms with van der Waals surface area (Å²) in [5.74, 6) is -0.290. The Bertz CT molecular complexity index is 472. The number of imide groups is 1. The van der Waals surface area contributed by atoms with Crippen LogP contribution in [-0.4, -0.2) is 47.8 Å². The maximum Gasteiger partial charge on any atom is 0.261 e. The van der Waals surface area contributed by atoms with Gasteiger partial charge < -0.3 is 4.90 Å². The van der Waals surface area contributed by atoms with Crippen LogP contribution in [-0.2, 0) is 0 Å². The van der Waals surface area contributed by atoms with Crippen LogP contribution in [0.2, 0.25) is 0 Å². The number of amides is 2. The SMILES string of the molecule is CCCN(CCC)CCCN1C(=O)c2ccccc2C1=O. The van der Waals surface area contributed by atoms with E-state index in [1.807, 2.05) is 0 Å². The Kier molecular flexibility index (Phi) is 5.51. The van der Waals surface area contributed by atoms with Crippen LogP contribution in [0.5, 0.6) is 0 Å². The third-order valence-electron chi connectivity index (χ3n) is 3.81. The van der Waals surface area contributed by atoms with E-state index in [-0.39, 0.29) is 11.8 Å². The minimum atomic E-state index is -0.145. The molecule has 0 spiro atoms. The zero-order chi connectivity index (χ0) is 15.2. The molecule has 0 unspecified atom stereocenters. The maximum absolute atomic E-state index is 12.2. The Morgan fingerprint density at radius 2 is 1.43 bits per heavy atom. The van der Waals surface area contributed by atoms with E-state index in [2.05, 4.69) is 18.7 Å². The molecule has 2 rings (SSSR count). The lowest BCUT2D eigenvalue weighted by Crippen LogP contribution is -2.34. The highest BCUT2D eigenvalue weighted by molar-refractivity contribution is 6.21. The molecule has 4 nitrogen and oxygen atoms in total. The Hall–Kier alpha value is -1.68. The third kappa shape index (κ3) is 3.50. The van der Waals surface area contributed by atoms with Crippen molar-refractivity contribution in [2.45, 2.75) is 33.1 Å². The van der Waals surface area contributed by atoms with E-state index in [1.165, 1.54) is 4.90 Å². The Morgan fingerprint density at radius 3 is 1.90 bits per heavy atom. The number of nitrogens with zero attached hydrogens (tertiary/aromatic N) is 2. The van der Waals surface area contributed by atoms with Crippen molar-refractivity contribution >= 4 is 11.8 Å². The molecule has 0 atom stereocenters. The molecule has 1 aromatic rings. The molecule has 0 fully saturated rings. The molecule has 1 aliphatic heterocycles. The molecule has 2 amide bonds. The Morgan fingerprint density at radius 1 is 0.905 bits per heavy atom. The standard InChI is InChI=1S/C17H24N2O2/c1-3-10-18(11-4-2)12-7-13-19-16(20)14-8-5-6-9-15(14)17(19)21/h5-6,8-9H,3-4,7,10-13H2,1-2H3. The number of benzene rings is 1. The summed E-state index contributed by atoms with van der Waals surface area (Å²) in [4.78, 5) is 28.2. The quantitative estimate of drug-likeness (QED) is 0.691. The molecule has 0 aliphatic carbocycles. The van der Waals surface area contributed by atoms with Crippen LogP contribution in [0.15, 0.2) is 24.3 Å². The summed E-state index contributed by atoms with van der Waals surface area (Å²) in [7, 11) is 0. The highest BCUT2D eigenvalue weighted by atomic mass is 16.2. The van der Waals surface area contributed by atoms with Crippen molar-refractivity contribution in [3.05, 3.63) is 35.4 Å². The topological polar surface area (TPSA) is 40.6 Å². The van der Waals surface area contributed by atoms with Gasteiger partial charge in [-0.05, 0) is 51.0 Å². The third-order valence-corrected chi connectivity index (χ3v) is 3.81. The first-order valence-corrected chi connectivity index (χ1v) is 7.86. The van der Waals surface area contributed by atoms with Crippen molar-refractivity contribution in [1.82, 2.24) is 9.80 Å². The predicted molar refractivity (Wildman–Crippen MR) is 83.4 cm³/mol. The first-order chi connectivity index (χ1) is 10.2. The molecule has 0 N–H and O–H groups in total. The molecular weight excluding hydrogens is 264 g/mol. The molecule has 114 valence electrons. The van der Waals surface area contributed by atoms with Crippen LogP contribution >= 0.6 is 0 Å². The van der Waals surface area contributed by atoms with Gasteiger partial charge in [0.2, 0.25) is 0 Å². The summed E-state index contributed by atoms with van der Waals surface area (Å²) >= 11 is 0. The van der Waals surface area contributed by atoms with Gasteiger partial charge in [-0.25, -0.2) is 0 Å². The summed E-state index contributed by atoms with van der Waals surface area (Å²) in [5.41, 5.74) is 1.09. The van der Waals surface area contributed by atoms with E-state index >= 15 is 0 Å². The van der Waals surface area contributed by atoms with Crippen LogP contribution in [0, 0.1) is 0 Å². The van der Waals surface area contributed by atoms with Gasteiger partial charge in [-0.15, -0.1) is 0 Å². The minimum Gasteiger partial charge on any atom is -0.303 e. The lowest BCUT2D eigenvalue weighted by Gasteiger charge is -2.22. The molecule has 1 aliphatic rings. The molecule has 1 heterocycles. The molecule has 0 saturated heterocycles. The van der Waals surface area contributed by atoms with E-state index < -0.39 is 0 Å². The highest BCUT2D eigenvalue weighted by Gasteiger charge is 2.34. The van der Waals surface area contributed by atoms with Crippen molar-refractivity contribution < 1.29 is 9.59 Å². The minimum absolute atomic E-state index is 0.145. The molecule has 4 heteroatoms. The van der Waals surface area contributed by atoms with Gasteiger partial charge in [-0.2, -0.15) is 0 Å². The first kappa shape index (κ1) is 15.7. The fraction of sp³-hybridized carbons (Fsp3) is 0.529. The molecule has 21 heavy (non-hydrogen) atoms. The van der Waals surface area contributed by atoms with E-state index in [9.17, 15) is 9.59 Å². The van der Waals surface area contributed by atoms with Gasteiger partial charge in [0.25, 0.3) is 11.8 Å². The molecule has 0 aromatic heterocycles. The average Bonchev–Trinajstić information content (AvgIpc) is 2.73. The summed E-state index contributed by atoms with van der Waals surface area (Å²) in [6.07, 6.45) is 3.10. The van der Waals surface area contributed by atoms with Crippen LogP contribution < -0.4 is 0 Å². The van der Waals surface area contributed by atoms with Crippen LogP contribution in [0.4, 0.5) is 0 Å². The Balaban J connectivity index is 1.90. The Labute approximate surface area is 126 Å². The van der Waals surface area contributed by atoms with Gasteiger partial charge in [0.05, 0.1) is 11.1 Å². The van der Waals surface area contributed by atoms with Gasteiger partial charge >= 0.3 is 0 Å². The van der Waals surface area contributed by atoms with Gasteiger partial charge in [0.1, 0.15) is 0 Å². The predicted octanol–water partition coefficient (Wildman–Crippen LogP) is 2.79. The van der Waals surface area contributed by atoms with Crippen LogP contribution in [0.3, 0.4) is 0 Å². The second-order valence-electron chi connectivity index (χ2n) is 5.50. The smallest absolute Gasteiger partial charge is 0.261 e. The average molecular weight is 288 g/mol. The van der Waals surface area contributed by atoms with Crippen molar-refractivity contribution in [3.63, 3.8) is 0 Å². The molecule has 0 saturated carbocycles.